The van der Waals surface area contributed by atoms with Gasteiger partial charge in [0.25, 0.3) is 5.91 Å². The summed E-state index contributed by atoms with van der Waals surface area (Å²) in [6.07, 6.45) is 0. The molecule has 208 valence electrons. The maximum absolute atomic E-state index is 14.0. The number of carbonyl (C=O) groups excluding carboxylic acids is 1. The minimum atomic E-state index is -0.296. The van der Waals surface area contributed by atoms with Crippen LogP contribution in [0.2, 0.25) is 0 Å². The van der Waals surface area contributed by atoms with Crippen molar-refractivity contribution in [2.45, 2.75) is 33.1 Å². The molecule has 0 saturated carbocycles. The Morgan fingerprint density at radius 1 is 1.05 bits per heavy atom. The van der Waals surface area contributed by atoms with E-state index in [9.17, 15) is 4.79 Å². The molecule has 39 heavy (non-hydrogen) atoms. The Balaban J connectivity index is 1.65. The Hall–Kier alpha value is -3.62. The van der Waals surface area contributed by atoms with E-state index in [1.165, 1.54) is 0 Å². The number of amides is 1. The first kappa shape index (κ1) is 28.4. The lowest BCUT2D eigenvalue weighted by Gasteiger charge is -2.27. The fourth-order valence-electron chi connectivity index (χ4n) is 4.87. The van der Waals surface area contributed by atoms with Gasteiger partial charge in [0.15, 0.2) is 5.71 Å². The fourth-order valence-corrected chi connectivity index (χ4v) is 4.87. The molecule has 1 aliphatic rings. The summed E-state index contributed by atoms with van der Waals surface area (Å²) in [6, 6.07) is 17.6. The van der Waals surface area contributed by atoms with Crippen LogP contribution in [0.3, 0.4) is 0 Å². The predicted molar refractivity (Wildman–Crippen MR) is 157 cm³/mol. The van der Waals surface area contributed by atoms with Crippen LogP contribution in [0.5, 0.6) is 11.5 Å². The third-order valence-corrected chi connectivity index (χ3v) is 7.14. The summed E-state index contributed by atoms with van der Waals surface area (Å²) < 4.78 is 17.3. The summed E-state index contributed by atoms with van der Waals surface area (Å²) in [7, 11) is 1.61. The zero-order valence-corrected chi connectivity index (χ0v) is 23.7. The molecule has 2 N–H and O–H groups in total. The standard InChI is InChI=1S/C31H40N4O4/c1-6-35(26-21-22(31(2,3)4)11-13-28(26)37-5)30(36)29(33-32)25-12-14-27(24-10-8-7-9-23(24)25)39-20-17-34-15-18-38-19-16-34/h7-14,21H,6,15-20,32H2,1-5H3/b33-29+. The molecule has 0 unspecified atom stereocenters. The molecule has 0 radical (unpaired) electrons. The van der Waals surface area contributed by atoms with Crippen molar-refractivity contribution >= 4 is 28.1 Å². The average molecular weight is 533 g/mol. The molecule has 0 spiro atoms. The van der Waals surface area contributed by atoms with Gasteiger partial charge in [-0.2, -0.15) is 5.10 Å². The van der Waals surface area contributed by atoms with Crippen LogP contribution >= 0.6 is 0 Å². The van der Waals surface area contributed by atoms with Gasteiger partial charge in [0.2, 0.25) is 0 Å². The normalized spacial score (nSPS) is 14.8. The number of fused-ring (bicyclic) bond motifs is 1. The minimum Gasteiger partial charge on any atom is -0.495 e. The number of hydrazone groups is 1. The zero-order chi connectivity index (χ0) is 28.0. The molecule has 0 aromatic heterocycles. The van der Waals surface area contributed by atoms with Gasteiger partial charge in [0, 0.05) is 37.1 Å². The highest BCUT2D eigenvalue weighted by Gasteiger charge is 2.27. The molecule has 8 nitrogen and oxygen atoms in total. The summed E-state index contributed by atoms with van der Waals surface area (Å²) in [5.74, 6) is 6.98. The van der Waals surface area contributed by atoms with Crippen LogP contribution in [-0.4, -0.2) is 69.6 Å². The van der Waals surface area contributed by atoms with E-state index >= 15 is 0 Å². The van der Waals surface area contributed by atoms with Gasteiger partial charge in [-0.05, 0) is 47.6 Å². The van der Waals surface area contributed by atoms with Gasteiger partial charge >= 0.3 is 0 Å². The number of hydrogen-bond donors (Lipinski definition) is 1. The van der Waals surface area contributed by atoms with Crippen molar-refractivity contribution in [2.75, 3.05) is 58.0 Å². The molecule has 1 fully saturated rings. The lowest BCUT2D eigenvalue weighted by molar-refractivity contribution is -0.112. The van der Waals surface area contributed by atoms with E-state index in [1.54, 1.807) is 12.0 Å². The van der Waals surface area contributed by atoms with Crippen LogP contribution in [0.4, 0.5) is 5.69 Å². The van der Waals surface area contributed by atoms with Crippen molar-refractivity contribution in [2.24, 2.45) is 10.9 Å². The van der Waals surface area contributed by atoms with Crippen LogP contribution in [0.1, 0.15) is 38.8 Å². The number of anilines is 1. The highest BCUT2D eigenvalue weighted by atomic mass is 16.5. The molecule has 1 amide bonds. The molecule has 3 aromatic carbocycles. The molecule has 4 rings (SSSR count). The predicted octanol–water partition coefficient (Wildman–Crippen LogP) is 4.57. The lowest BCUT2D eigenvalue weighted by Crippen LogP contribution is -2.38. The average Bonchev–Trinajstić information content (AvgIpc) is 2.94. The largest absolute Gasteiger partial charge is 0.495 e. The van der Waals surface area contributed by atoms with Crippen LogP contribution in [0.15, 0.2) is 59.7 Å². The first-order chi connectivity index (χ1) is 18.8. The summed E-state index contributed by atoms with van der Waals surface area (Å²) in [6.45, 7) is 13.5. The number of rotatable bonds is 9. The number of hydrogen-bond acceptors (Lipinski definition) is 7. The SMILES string of the molecule is CCN(C(=O)/C(=N/N)c1ccc(OCCN2CCOCC2)c2ccccc12)c1cc(C(C)(C)C)ccc1OC. The second-order valence-corrected chi connectivity index (χ2v) is 10.6. The lowest BCUT2D eigenvalue weighted by atomic mass is 9.86. The molecule has 0 aliphatic carbocycles. The number of benzene rings is 3. The molecule has 0 bridgehead atoms. The van der Waals surface area contributed by atoms with E-state index in [0.29, 0.717) is 30.2 Å². The van der Waals surface area contributed by atoms with Crippen molar-refractivity contribution in [3.8, 4) is 11.5 Å². The third-order valence-electron chi connectivity index (χ3n) is 7.14. The Labute approximate surface area is 231 Å². The first-order valence-electron chi connectivity index (χ1n) is 13.5. The number of methoxy groups -OCH3 is 1. The summed E-state index contributed by atoms with van der Waals surface area (Å²) in [4.78, 5) is 18.0. The molecule has 0 atom stereocenters. The van der Waals surface area contributed by atoms with Crippen molar-refractivity contribution in [3.05, 3.63) is 65.7 Å². The van der Waals surface area contributed by atoms with E-state index in [0.717, 1.165) is 54.9 Å². The van der Waals surface area contributed by atoms with Gasteiger partial charge in [-0.3, -0.25) is 9.69 Å². The molecule has 3 aromatic rings. The summed E-state index contributed by atoms with van der Waals surface area (Å²) in [5.41, 5.74) is 2.52. The molecule has 1 aliphatic heterocycles. The molecular weight excluding hydrogens is 492 g/mol. The maximum Gasteiger partial charge on any atom is 0.279 e. The second kappa shape index (κ2) is 12.5. The van der Waals surface area contributed by atoms with Crippen LogP contribution in [0.25, 0.3) is 10.8 Å². The molecule has 8 heteroatoms. The molecule has 1 heterocycles. The number of nitrogens with two attached hydrogens (primary N) is 1. The highest BCUT2D eigenvalue weighted by Crippen LogP contribution is 2.35. The van der Waals surface area contributed by atoms with Gasteiger partial charge in [0.05, 0.1) is 26.0 Å². The Morgan fingerprint density at radius 3 is 2.38 bits per heavy atom. The number of morpholine rings is 1. The quantitative estimate of drug-likeness (QED) is 0.247. The van der Waals surface area contributed by atoms with E-state index in [2.05, 4.69) is 30.8 Å². The van der Waals surface area contributed by atoms with Crippen LogP contribution in [0, 0.1) is 0 Å². The number of carbonyl (C=O) groups is 1. The number of likely N-dealkylation sites (N-methyl/N-ethyl adjacent to an activating group) is 1. The van der Waals surface area contributed by atoms with Crippen molar-refractivity contribution in [1.82, 2.24) is 4.90 Å². The van der Waals surface area contributed by atoms with Crippen LogP contribution < -0.4 is 20.2 Å². The zero-order valence-electron chi connectivity index (χ0n) is 23.7. The van der Waals surface area contributed by atoms with E-state index in [-0.39, 0.29) is 17.0 Å². The summed E-state index contributed by atoms with van der Waals surface area (Å²) >= 11 is 0. The number of ether oxygens (including phenoxy) is 3. The topological polar surface area (TPSA) is 89.6 Å². The van der Waals surface area contributed by atoms with E-state index < -0.39 is 0 Å². The van der Waals surface area contributed by atoms with Gasteiger partial charge in [-0.25, -0.2) is 0 Å². The van der Waals surface area contributed by atoms with Gasteiger partial charge in [-0.1, -0.05) is 51.1 Å². The van der Waals surface area contributed by atoms with Gasteiger partial charge in [0.1, 0.15) is 18.1 Å². The molecular formula is C31H40N4O4. The molecule has 1 saturated heterocycles. The monoisotopic (exact) mass is 532 g/mol. The third kappa shape index (κ3) is 6.34. The van der Waals surface area contributed by atoms with Gasteiger partial charge in [-0.15, -0.1) is 0 Å². The van der Waals surface area contributed by atoms with Crippen molar-refractivity contribution in [3.63, 3.8) is 0 Å². The van der Waals surface area contributed by atoms with E-state index in [1.807, 2.05) is 61.5 Å². The fraction of sp³-hybridized carbons (Fsp3) is 0.419. The Kier molecular flexibility index (Phi) is 9.09. The maximum atomic E-state index is 14.0. The van der Waals surface area contributed by atoms with E-state index in [4.69, 9.17) is 20.1 Å². The Morgan fingerprint density at radius 2 is 1.74 bits per heavy atom. The van der Waals surface area contributed by atoms with Gasteiger partial charge < -0.3 is 25.0 Å². The van der Waals surface area contributed by atoms with Crippen LogP contribution in [-0.2, 0) is 14.9 Å². The second-order valence-electron chi connectivity index (χ2n) is 10.6. The Bertz CT molecular complexity index is 1330. The van der Waals surface area contributed by atoms with Crippen molar-refractivity contribution < 1.29 is 19.0 Å². The summed E-state index contributed by atoms with van der Waals surface area (Å²) in [5, 5.41) is 5.76. The smallest absolute Gasteiger partial charge is 0.279 e. The highest BCUT2D eigenvalue weighted by molar-refractivity contribution is 6.51. The number of nitrogens with zero attached hydrogens (tertiary/aromatic N) is 3. The minimum absolute atomic E-state index is 0.0952. The van der Waals surface area contributed by atoms with Crippen molar-refractivity contribution in [1.29, 1.82) is 0 Å². The first-order valence-corrected chi connectivity index (χ1v) is 13.5.